The van der Waals surface area contributed by atoms with Crippen LogP contribution in [0.1, 0.15) is 18.4 Å². The van der Waals surface area contributed by atoms with Crippen molar-refractivity contribution < 1.29 is 0 Å². The molecule has 2 aromatic rings. The quantitative estimate of drug-likeness (QED) is 0.893. The summed E-state index contributed by atoms with van der Waals surface area (Å²) in [5, 5.41) is 4.49. The predicted molar refractivity (Wildman–Crippen MR) is 73.3 cm³/mol. The van der Waals surface area contributed by atoms with Crippen LogP contribution in [0, 0.1) is 0 Å². The van der Waals surface area contributed by atoms with Crippen LogP contribution in [0.15, 0.2) is 36.5 Å². The third-order valence-corrected chi connectivity index (χ3v) is 3.29. The molecule has 1 aromatic heterocycles. The highest BCUT2D eigenvalue weighted by atomic mass is 15.4. The molecular weight excluding hydrogens is 224 g/mol. The molecule has 0 radical (unpaired) electrons. The van der Waals surface area contributed by atoms with Gasteiger partial charge in [0.25, 0.3) is 0 Å². The van der Waals surface area contributed by atoms with E-state index >= 15 is 0 Å². The van der Waals surface area contributed by atoms with E-state index in [2.05, 4.69) is 34.3 Å². The molecule has 2 N–H and O–H groups in total. The molecule has 3 rings (SSSR count). The Bertz CT molecular complexity index is 528. The average Bonchev–Trinajstić information content (AvgIpc) is 3.14. The molecule has 0 spiro atoms. The van der Waals surface area contributed by atoms with Crippen molar-refractivity contribution in [2.45, 2.75) is 25.4 Å². The Morgan fingerprint density at radius 2 is 2.06 bits per heavy atom. The summed E-state index contributed by atoms with van der Waals surface area (Å²) in [5.41, 5.74) is 8.10. The Morgan fingerprint density at radius 1 is 1.33 bits per heavy atom. The number of benzene rings is 1. The van der Waals surface area contributed by atoms with E-state index in [0.717, 1.165) is 18.1 Å². The van der Waals surface area contributed by atoms with E-state index < -0.39 is 0 Å². The minimum absolute atomic E-state index is 0.599. The topological polar surface area (TPSA) is 47.1 Å². The first-order chi connectivity index (χ1) is 8.74. The minimum Gasteiger partial charge on any atom is -0.394 e. The number of nitrogen functional groups attached to an aromatic ring is 1. The summed E-state index contributed by atoms with van der Waals surface area (Å²) in [6.45, 7) is 0.882. The summed E-state index contributed by atoms with van der Waals surface area (Å²) in [4.78, 5) is 2.32. The van der Waals surface area contributed by atoms with Gasteiger partial charge in [-0.05, 0) is 18.4 Å². The first-order valence-electron chi connectivity index (χ1n) is 6.34. The lowest BCUT2D eigenvalue weighted by molar-refractivity contribution is 0.723. The molecular formula is C14H18N4. The largest absolute Gasteiger partial charge is 0.394 e. The molecule has 1 saturated carbocycles. The van der Waals surface area contributed by atoms with Gasteiger partial charge in [-0.2, -0.15) is 5.10 Å². The Labute approximate surface area is 107 Å². The number of rotatable bonds is 4. The lowest BCUT2D eigenvalue weighted by atomic mass is 10.2. The maximum atomic E-state index is 6.04. The highest BCUT2D eigenvalue weighted by Crippen LogP contribution is 2.34. The van der Waals surface area contributed by atoms with Crippen LogP contribution in [-0.4, -0.2) is 15.8 Å². The van der Waals surface area contributed by atoms with Gasteiger partial charge in [0, 0.05) is 25.8 Å². The Kier molecular flexibility index (Phi) is 2.70. The summed E-state index contributed by atoms with van der Waals surface area (Å²) in [7, 11) is 1.91. The summed E-state index contributed by atoms with van der Waals surface area (Å²) in [6, 6.07) is 11.1. The van der Waals surface area contributed by atoms with Crippen LogP contribution in [0.4, 0.5) is 11.5 Å². The van der Waals surface area contributed by atoms with Gasteiger partial charge in [-0.25, -0.2) is 0 Å². The molecule has 1 heterocycles. The van der Waals surface area contributed by atoms with Crippen molar-refractivity contribution in [3.05, 3.63) is 42.1 Å². The molecule has 0 atom stereocenters. The number of aromatic nitrogens is 2. The number of nitrogens with two attached hydrogens (primary N) is 1. The van der Waals surface area contributed by atoms with Crippen LogP contribution in [0.3, 0.4) is 0 Å². The van der Waals surface area contributed by atoms with E-state index in [4.69, 9.17) is 5.73 Å². The zero-order valence-corrected chi connectivity index (χ0v) is 10.6. The van der Waals surface area contributed by atoms with E-state index in [0.29, 0.717) is 6.04 Å². The summed E-state index contributed by atoms with van der Waals surface area (Å²) >= 11 is 0. The maximum absolute atomic E-state index is 6.04. The summed E-state index contributed by atoms with van der Waals surface area (Å²) < 4.78 is 1.78. The number of aryl methyl sites for hydroxylation is 1. The van der Waals surface area contributed by atoms with Gasteiger partial charge in [-0.15, -0.1) is 0 Å². The lowest BCUT2D eigenvalue weighted by Gasteiger charge is -2.22. The van der Waals surface area contributed by atoms with Gasteiger partial charge in [0.05, 0.1) is 5.69 Å². The Balaban J connectivity index is 1.87. The van der Waals surface area contributed by atoms with Crippen LogP contribution in [0.25, 0.3) is 0 Å². The summed E-state index contributed by atoms with van der Waals surface area (Å²) in [5.74, 6) is 0.920. The van der Waals surface area contributed by atoms with Crippen molar-refractivity contribution in [1.82, 2.24) is 9.78 Å². The molecule has 4 nitrogen and oxygen atoms in total. The first kappa shape index (κ1) is 11.1. The second kappa shape index (κ2) is 4.37. The van der Waals surface area contributed by atoms with Gasteiger partial charge in [0.15, 0.2) is 5.82 Å². The van der Waals surface area contributed by atoms with E-state index in [-0.39, 0.29) is 0 Å². The van der Waals surface area contributed by atoms with Crippen molar-refractivity contribution in [1.29, 1.82) is 0 Å². The van der Waals surface area contributed by atoms with E-state index in [9.17, 15) is 0 Å². The molecule has 0 amide bonds. The number of nitrogens with zero attached hydrogens (tertiary/aromatic N) is 3. The molecule has 94 valence electrons. The second-order valence-electron chi connectivity index (χ2n) is 4.93. The molecule has 1 aliphatic rings. The third kappa shape index (κ3) is 2.18. The first-order valence-corrected chi connectivity index (χ1v) is 6.34. The minimum atomic E-state index is 0.599. The molecule has 0 bridgehead atoms. The highest BCUT2D eigenvalue weighted by molar-refractivity contribution is 5.63. The number of anilines is 2. The van der Waals surface area contributed by atoms with Crippen LogP contribution >= 0.6 is 0 Å². The standard InChI is InChI=1S/C14H18N4/c1-17-10-13(15)14(16-17)18(12-7-8-12)9-11-5-3-2-4-6-11/h2-6,10,12H,7-9,15H2,1H3. The van der Waals surface area contributed by atoms with Gasteiger partial charge in [0.1, 0.15) is 0 Å². The Hall–Kier alpha value is -1.97. The van der Waals surface area contributed by atoms with Crippen molar-refractivity contribution in [2.75, 3.05) is 10.6 Å². The molecule has 0 unspecified atom stereocenters. The fraction of sp³-hybridized carbons (Fsp3) is 0.357. The second-order valence-corrected chi connectivity index (χ2v) is 4.93. The molecule has 1 fully saturated rings. The smallest absolute Gasteiger partial charge is 0.174 e. The fourth-order valence-corrected chi connectivity index (χ4v) is 2.26. The molecule has 1 aromatic carbocycles. The van der Waals surface area contributed by atoms with Gasteiger partial charge in [-0.3, -0.25) is 4.68 Å². The lowest BCUT2D eigenvalue weighted by Crippen LogP contribution is -2.26. The zero-order valence-electron chi connectivity index (χ0n) is 10.6. The number of hydrogen-bond acceptors (Lipinski definition) is 3. The van der Waals surface area contributed by atoms with Crippen molar-refractivity contribution >= 4 is 11.5 Å². The molecule has 0 saturated heterocycles. The van der Waals surface area contributed by atoms with Gasteiger partial charge >= 0.3 is 0 Å². The fourth-order valence-electron chi connectivity index (χ4n) is 2.26. The zero-order chi connectivity index (χ0) is 12.5. The van der Waals surface area contributed by atoms with Crippen molar-refractivity contribution in [3.63, 3.8) is 0 Å². The molecule has 1 aliphatic carbocycles. The van der Waals surface area contributed by atoms with Crippen molar-refractivity contribution in [2.24, 2.45) is 7.05 Å². The van der Waals surface area contributed by atoms with Crippen molar-refractivity contribution in [3.8, 4) is 0 Å². The van der Waals surface area contributed by atoms with Crippen LogP contribution < -0.4 is 10.6 Å². The molecule has 18 heavy (non-hydrogen) atoms. The summed E-state index contributed by atoms with van der Waals surface area (Å²) in [6.07, 6.45) is 4.35. The van der Waals surface area contributed by atoms with Crippen LogP contribution in [0.5, 0.6) is 0 Å². The maximum Gasteiger partial charge on any atom is 0.174 e. The van der Waals surface area contributed by atoms with E-state index in [1.165, 1.54) is 18.4 Å². The van der Waals surface area contributed by atoms with E-state index in [1.807, 2.05) is 19.3 Å². The van der Waals surface area contributed by atoms with Gasteiger partial charge in [0.2, 0.25) is 0 Å². The van der Waals surface area contributed by atoms with Gasteiger partial charge < -0.3 is 10.6 Å². The third-order valence-electron chi connectivity index (χ3n) is 3.29. The Morgan fingerprint density at radius 3 is 2.61 bits per heavy atom. The molecule has 0 aliphatic heterocycles. The normalized spacial score (nSPS) is 14.7. The van der Waals surface area contributed by atoms with E-state index in [1.54, 1.807) is 4.68 Å². The van der Waals surface area contributed by atoms with Gasteiger partial charge in [-0.1, -0.05) is 30.3 Å². The number of hydrogen-bond donors (Lipinski definition) is 1. The predicted octanol–water partition coefficient (Wildman–Crippen LogP) is 2.17. The van der Waals surface area contributed by atoms with Crippen LogP contribution in [-0.2, 0) is 13.6 Å². The molecule has 4 heteroatoms. The van der Waals surface area contributed by atoms with Crippen LogP contribution in [0.2, 0.25) is 0 Å². The average molecular weight is 242 g/mol. The monoisotopic (exact) mass is 242 g/mol. The highest BCUT2D eigenvalue weighted by Gasteiger charge is 2.31. The SMILES string of the molecule is Cn1cc(N)c(N(Cc2ccccc2)C2CC2)n1.